The standard InChI is InChI=1S/C20H23FN2O2S.C2H7N/c1-4-7-17-18(11-12-25-19(17)8-5-2)23(14(3)24)22-20(26)15-9-6-10-16(21)13-15;1-2-3/h4-6,8-10,13,18H,1,7,11-12H2,2-3H3,(H,22,26);2-3H2,1H3/b8-5-;. The van der Waals surface area contributed by atoms with E-state index in [0.29, 0.717) is 25.0 Å². The van der Waals surface area contributed by atoms with Crippen molar-refractivity contribution in [2.45, 2.75) is 39.7 Å². The van der Waals surface area contributed by atoms with Crippen molar-refractivity contribution in [2.75, 3.05) is 13.2 Å². The number of allylic oxidation sites excluding steroid dienone is 3. The van der Waals surface area contributed by atoms with Crippen molar-refractivity contribution in [3.63, 3.8) is 0 Å². The molecule has 2 rings (SSSR count). The van der Waals surface area contributed by atoms with Gasteiger partial charge in [-0.05, 0) is 38.1 Å². The molecule has 0 spiro atoms. The number of carbonyl (C=O) groups is 1. The number of hydrazine groups is 1. The molecule has 1 aliphatic rings. The number of ether oxygens (including phenoxy) is 1. The average molecular weight is 420 g/mol. The lowest BCUT2D eigenvalue weighted by Gasteiger charge is -2.36. The van der Waals surface area contributed by atoms with Gasteiger partial charge in [-0.3, -0.25) is 10.2 Å². The maximum Gasteiger partial charge on any atom is 0.238 e. The van der Waals surface area contributed by atoms with Gasteiger partial charge in [-0.15, -0.1) is 6.58 Å². The van der Waals surface area contributed by atoms with Gasteiger partial charge in [0.05, 0.1) is 12.6 Å². The Balaban J connectivity index is 0.00000132. The molecule has 1 aliphatic heterocycles. The molecule has 1 amide bonds. The number of hydrogen-bond acceptors (Lipinski definition) is 4. The molecule has 0 radical (unpaired) electrons. The van der Waals surface area contributed by atoms with E-state index in [4.69, 9.17) is 22.7 Å². The van der Waals surface area contributed by atoms with E-state index in [-0.39, 0.29) is 22.8 Å². The second kappa shape index (κ2) is 12.9. The molecule has 1 aromatic carbocycles. The van der Waals surface area contributed by atoms with Crippen LogP contribution < -0.4 is 11.2 Å². The van der Waals surface area contributed by atoms with Crippen molar-refractivity contribution in [1.82, 2.24) is 10.4 Å². The zero-order valence-corrected chi connectivity index (χ0v) is 18.1. The van der Waals surface area contributed by atoms with Crippen LogP contribution in [0, 0.1) is 5.82 Å². The Morgan fingerprint density at radius 1 is 1.52 bits per heavy atom. The lowest BCUT2D eigenvalue weighted by molar-refractivity contribution is -0.133. The van der Waals surface area contributed by atoms with E-state index in [0.717, 1.165) is 17.9 Å². The minimum atomic E-state index is -0.380. The van der Waals surface area contributed by atoms with Crippen molar-refractivity contribution in [1.29, 1.82) is 0 Å². The molecule has 0 aromatic heterocycles. The lowest BCUT2D eigenvalue weighted by Crippen LogP contribution is -2.53. The lowest BCUT2D eigenvalue weighted by atomic mass is 9.96. The molecule has 0 aliphatic carbocycles. The van der Waals surface area contributed by atoms with E-state index in [2.05, 4.69) is 12.0 Å². The van der Waals surface area contributed by atoms with Crippen LogP contribution in [0.4, 0.5) is 4.39 Å². The van der Waals surface area contributed by atoms with Crippen LogP contribution in [0.15, 0.2) is 60.4 Å². The van der Waals surface area contributed by atoms with Gasteiger partial charge in [0.25, 0.3) is 0 Å². The Morgan fingerprint density at radius 3 is 2.76 bits per heavy atom. The molecule has 3 N–H and O–H groups in total. The van der Waals surface area contributed by atoms with Gasteiger partial charge in [-0.25, -0.2) is 9.40 Å². The van der Waals surface area contributed by atoms with Gasteiger partial charge in [0, 0.05) is 24.5 Å². The summed E-state index contributed by atoms with van der Waals surface area (Å²) in [6.45, 7) is 10.3. The summed E-state index contributed by atoms with van der Waals surface area (Å²) in [5, 5.41) is 1.50. The van der Waals surface area contributed by atoms with Crippen molar-refractivity contribution in [3.8, 4) is 0 Å². The summed E-state index contributed by atoms with van der Waals surface area (Å²) in [4.78, 5) is 12.6. The Hall–Kier alpha value is -2.51. The highest BCUT2D eigenvalue weighted by atomic mass is 32.1. The smallest absolute Gasteiger partial charge is 0.238 e. The van der Waals surface area contributed by atoms with Crippen LogP contribution in [0.1, 0.15) is 39.2 Å². The van der Waals surface area contributed by atoms with Crippen LogP contribution in [0.25, 0.3) is 0 Å². The summed E-state index contributed by atoms with van der Waals surface area (Å²) < 4.78 is 19.2. The van der Waals surface area contributed by atoms with E-state index >= 15 is 0 Å². The van der Waals surface area contributed by atoms with Crippen LogP contribution in [0.2, 0.25) is 0 Å². The number of carbonyl (C=O) groups excluding carboxylic acids is 1. The second-order valence-corrected chi connectivity index (χ2v) is 6.69. The molecule has 1 heterocycles. The third-order valence-electron chi connectivity index (χ3n) is 4.01. The molecular formula is C22H30FN3O2S. The summed E-state index contributed by atoms with van der Waals surface area (Å²) in [5.74, 6) is 0.181. The molecule has 1 aromatic rings. The fourth-order valence-corrected chi connectivity index (χ4v) is 3.10. The number of nitrogens with one attached hydrogen (secondary N) is 1. The monoisotopic (exact) mass is 419 g/mol. The number of nitrogens with zero attached hydrogens (tertiary/aromatic N) is 1. The quantitative estimate of drug-likeness (QED) is 0.429. The van der Waals surface area contributed by atoms with Gasteiger partial charge in [0.2, 0.25) is 5.91 Å². The summed E-state index contributed by atoms with van der Waals surface area (Å²) in [6, 6.07) is 5.74. The maximum absolute atomic E-state index is 13.5. The van der Waals surface area contributed by atoms with Crippen LogP contribution in [0.3, 0.4) is 0 Å². The largest absolute Gasteiger partial charge is 0.493 e. The molecule has 0 fully saturated rings. The van der Waals surface area contributed by atoms with Gasteiger partial charge in [0.15, 0.2) is 0 Å². The molecule has 158 valence electrons. The van der Waals surface area contributed by atoms with Gasteiger partial charge in [-0.2, -0.15) is 0 Å². The Kier molecular flexibility index (Phi) is 10.9. The van der Waals surface area contributed by atoms with Gasteiger partial charge < -0.3 is 10.5 Å². The van der Waals surface area contributed by atoms with E-state index in [1.165, 1.54) is 24.1 Å². The predicted molar refractivity (Wildman–Crippen MR) is 119 cm³/mol. The van der Waals surface area contributed by atoms with E-state index < -0.39 is 0 Å². The molecule has 29 heavy (non-hydrogen) atoms. The minimum Gasteiger partial charge on any atom is -0.493 e. The second-order valence-electron chi connectivity index (χ2n) is 6.28. The van der Waals surface area contributed by atoms with Gasteiger partial charge >= 0.3 is 0 Å². The van der Waals surface area contributed by atoms with Crippen molar-refractivity contribution in [3.05, 3.63) is 71.8 Å². The zero-order valence-electron chi connectivity index (χ0n) is 17.3. The highest BCUT2D eigenvalue weighted by Gasteiger charge is 2.30. The predicted octanol–water partition coefficient (Wildman–Crippen LogP) is 4.01. The van der Waals surface area contributed by atoms with Crippen LogP contribution in [0.5, 0.6) is 0 Å². The molecule has 7 heteroatoms. The molecule has 0 bridgehead atoms. The van der Waals surface area contributed by atoms with Crippen LogP contribution in [-0.4, -0.2) is 35.1 Å². The average Bonchev–Trinajstić information content (AvgIpc) is 2.68. The highest BCUT2D eigenvalue weighted by molar-refractivity contribution is 7.80. The normalized spacial score (nSPS) is 15.8. The highest BCUT2D eigenvalue weighted by Crippen LogP contribution is 2.27. The van der Waals surface area contributed by atoms with Crippen LogP contribution in [-0.2, 0) is 9.53 Å². The number of benzene rings is 1. The summed E-state index contributed by atoms with van der Waals surface area (Å²) in [6.07, 6.45) is 6.77. The maximum atomic E-state index is 13.5. The zero-order chi connectivity index (χ0) is 21.8. The third-order valence-corrected chi connectivity index (χ3v) is 4.34. The van der Waals surface area contributed by atoms with Gasteiger partial charge in [-0.1, -0.05) is 43.4 Å². The number of amides is 1. The summed E-state index contributed by atoms with van der Waals surface area (Å²) >= 11 is 5.38. The first-order chi connectivity index (χ1) is 13.9. The Morgan fingerprint density at radius 2 is 2.21 bits per heavy atom. The summed E-state index contributed by atoms with van der Waals surface area (Å²) in [7, 11) is 0. The first kappa shape index (κ1) is 24.5. The Labute approximate surface area is 178 Å². The topological polar surface area (TPSA) is 67.6 Å². The van der Waals surface area contributed by atoms with E-state index in [1.54, 1.807) is 18.2 Å². The van der Waals surface area contributed by atoms with Crippen molar-refractivity contribution < 1.29 is 13.9 Å². The fraction of sp³-hybridized carbons (Fsp3) is 0.364. The first-order valence-corrected chi connectivity index (χ1v) is 9.96. The minimum absolute atomic E-state index is 0.183. The van der Waals surface area contributed by atoms with Gasteiger partial charge in [0.1, 0.15) is 16.6 Å². The number of hydrogen-bond donors (Lipinski definition) is 2. The molecular weight excluding hydrogens is 389 g/mol. The molecule has 0 saturated heterocycles. The van der Waals surface area contributed by atoms with E-state index in [1.807, 2.05) is 26.0 Å². The number of halogens is 1. The first-order valence-electron chi connectivity index (χ1n) is 9.55. The third kappa shape index (κ3) is 7.44. The molecule has 1 unspecified atom stereocenters. The molecule has 0 saturated carbocycles. The molecule has 1 atom stereocenters. The number of rotatable bonds is 5. The number of thiocarbonyl (C=S) groups is 1. The fourth-order valence-electron chi connectivity index (χ4n) is 2.88. The number of nitrogens with two attached hydrogens (primary N) is 1. The van der Waals surface area contributed by atoms with Crippen LogP contribution >= 0.6 is 12.2 Å². The van der Waals surface area contributed by atoms with E-state index in [9.17, 15) is 9.18 Å². The summed E-state index contributed by atoms with van der Waals surface area (Å²) in [5.41, 5.74) is 9.30. The Bertz CT molecular complexity index is 777. The van der Waals surface area contributed by atoms with Crippen molar-refractivity contribution >= 4 is 23.1 Å². The SMILES string of the molecule is C=CCC1=C(/C=C\C)OCCC1N(NC(=S)c1cccc(F)c1)C(C)=O.CCN. The molecule has 5 nitrogen and oxygen atoms in total. The van der Waals surface area contributed by atoms with Crippen molar-refractivity contribution in [2.24, 2.45) is 5.73 Å².